The zero-order valence-electron chi connectivity index (χ0n) is 10.2. The topological polar surface area (TPSA) is 49.3 Å². The summed E-state index contributed by atoms with van der Waals surface area (Å²) in [6.45, 7) is 3.52. The Bertz CT molecular complexity index is 592. The van der Waals surface area contributed by atoms with E-state index in [0.717, 1.165) is 4.70 Å². The van der Waals surface area contributed by atoms with E-state index >= 15 is 0 Å². The van der Waals surface area contributed by atoms with Crippen LogP contribution in [0.15, 0.2) is 18.2 Å². The Kier molecular flexibility index (Phi) is 3.63. The van der Waals surface area contributed by atoms with Crippen LogP contribution >= 0.6 is 11.3 Å². The van der Waals surface area contributed by atoms with Crippen LogP contribution in [-0.4, -0.2) is 23.7 Å². The largest absolute Gasteiger partial charge is 0.392 e. The summed E-state index contributed by atoms with van der Waals surface area (Å²) in [7, 11) is 0. The van der Waals surface area contributed by atoms with Crippen molar-refractivity contribution in [2.75, 3.05) is 6.54 Å². The number of aliphatic hydroxyl groups excluding tert-OH is 1. The van der Waals surface area contributed by atoms with Crippen LogP contribution in [-0.2, 0) is 0 Å². The fourth-order valence-corrected chi connectivity index (χ4v) is 2.93. The average Bonchev–Trinajstić information content (AvgIpc) is 2.65. The van der Waals surface area contributed by atoms with Crippen LogP contribution in [0.4, 0.5) is 4.39 Å². The highest BCUT2D eigenvalue weighted by atomic mass is 32.1. The van der Waals surface area contributed by atoms with Gasteiger partial charge in [-0.3, -0.25) is 4.79 Å². The summed E-state index contributed by atoms with van der Waals surface area (Å²) in [6, 6.07) is 4.81. The maximum atomic E-state index is 13.7. The molecule has 3 nitrogen and oxygen atoms in total. The van der Waals surface area contributed by atoms with E-state index in [4.69, 9.17) is 5.11 Å². The highest BCUT2D eigenvalue weighted by Crippen LogP contribution is 2.32. The first-order valence-corrected chi connectivity index (χ1v) is 6.46. The van der Waals surface area contributed by atoms with E-state index in [0.29, 0.717) is 15.8 Å². The van der Waals surface area contributed by atoms with Gasteiger partial charge in [-0.1, -0.05) is 6.07 Å². The van der Waals surface area contributed by atoms with Crippen molar-refractivity contribution in [3.63, 3.8) is 0 Å². The number of fused-ring (bicyclic) bond motifs is 1. The fourth-order valence-electron chi connectivity index (χ4n) is 1.79. The molecule has 0 fully saturated rings. The highest BCUT2D eigenvalue weighted by Gasteiger charge is 2.17. The number of aliphatic hydroxyl groups is 1. The predicted octanol–water partition coefficient (Wildman–Crippen LogP) is 2.46. The lowest BCUT2D eigenvalue weighted by Crippen LogP contribution is -2.30. The van der Waals surface area contributed by atoms with Crippen molar-refractivity contribution in [2.45, 2.75) is 20.0 Å². The molecule has 1 aromatic heterocycles. The van der Waals surface area contributed by atoms with E-state index in [1.54, 1.807) is 26.0 Å². The van der Waals surface area contributed by atoms with Gasteiger partial charge in [0.2, 0.25) is 0 Å². The van der Waals surface area contributed by atoms with Gasteiger partial charge in [0.05, 0.1) is 11.0 Å². The van der Waals surface area contributed by atoms with Gasteiger partial charge in [0.15, 0.2) is 0 Å². The maximum absolute atomic E-state index is 13.7. The lowest BCUT2D eigenvalue weighted by molar-refractivity contribution is 0.0927. The van der Waals surface area contributed by atoms with E-state index in [2.05, 4.69) is 5.32 Å². The van der Waals surface area contributed by atoms with Crippen LogP contribution in [0.25, 0.3) is 10.1 Å². The maximum Gasteiger partial charge on any atom is 0.261 e. The predicted molar refractivity (Wildman–Crippen MR) is 70.5 cm³/mol. The second kappa shape index (κ2) is 5.04. The lowest BCUT2D eigenvalue weighted by Gasteiger charge is -2.06. The molecule has 0 aliphatic rings. The second-order valence-electron chi connectivity index (χ2n) is 4.23. The van der Waals surface area contributed by atoms with E-state index in [-0.39, 0.29) is 18.3 Å². The van der Waals surface area contributed by atoms with E-state index in [1.807, 2.05) is 0 Å². The standard InChI is InChI=1S/C13H14FNO2S/c1-7(16)6-15-13(17)12-8(2)11-9(14)4-3-5-10(11)18-12/h3-5,7,16H,6H2,1-2H3,(H,15,17)/t7-/m1/s1. The Hall–Kier alpha value is -1.46. The average molecular weight is 267 g/mol. The smallest absolute Gasteiger partial charge is 0.261 e. The monoisotopic (exact) mass is 267 g/mol. The number of halogens is 1. The third-order valence-electron chi connectivity index (χ3n) is 2.67. The number of thiophene rings is 1. The molecule has 96 valence electrons. The Morgan fingerprint density at radius 3 is 2.89 bits per heavy atom. The number of benzene rings is 1. The molecule has 2 aromatic rings. The molecular weight excluding hydrogens is 253 g/mol. The van der Waals surface area contributed by atoms with Crippen LogP contribution in [0.5, 0.6) is 0 Å². The molecule has 0 bridgehead atoms. The quantitative estimate of drug-likeness (QED) is 0.897. The molecular formula is C13H14FNO2S. The van der Waals surface area contributed by atoms with Crippen LogP contribution in [0.1, 0.15) is 22.2 Å². The van der Waals surface area contributed by atoms with Crippen molar-refractivity contribution in [1.29, 1.82) is 0 Å². The minimum atomic E-state index is -0.597. The minimum Gasteiger partial charge on any atom is -0.392 e. The molecule has 0 aliphatic carbocycles. The number of nitrogens with one attached hydrogen (secondary N) is 1. The highest BCUT2D eigenvalue weighted by molar-refractivity contribution is 7.21. The SMILES string of the molecule is Cc1c(C(=O)NC[C@@H](C)O)sc2cccc(F)c12. The number of amides is 1. The van der Waals surface area contributed by atoms with Gasteiger partial charge < -0.3 is 10.4 Å². The molecule has 2 rings (SSSR count). The number of hydrogen-bond donors (Lipinski definition) is 2. The zero-order valence-corrected chi connectivity index (χ0v) is 11.0. The van der Waals surface area contributed by atoms with Crippen molar-refractivity contribution in [2.24, 2.45) is 0 Å². The van der Waals surface area contributed by atoms with Crippen molar-refractivity contribution in [3.8, 4) is 0 Å². The summed E-state index contributed by atoms with van der Waals surface area (Å²) < 4.78 is 14.4. The van der Waals surface area contributed by atoms with Crippen molar-refractivity contribution < 1.29 is 14.3 Å². The van der Waals surface area contributed by atoms with Gasteiger partial charge >= 0.3 is 0 Å². The molecule has 0 saturated heterocycles. The molecule has 1 heterocycles. The Balaban J connectivity index is 2.37. The Labute approximate surface area is 108 Å². The van der Waals surface area contributed by atoms with Crippen molar-refractivity contribution in [3.05, 3.63) is 34.5 Å². The molecule has 0 unspecified atom stereocenters. The van der Waals surface area contributed by atoms with Crippen LogP contribution in [0.2, 0.25) is 0 Å². The molecule has 1 atom stereocenters. The van der Waals surface area contributed by atoms with Crippen LogP contribution in [0, 0.1) is 12.7 Å². The van der Waals surface area contributed by atoms with Crippen LogP contribution < -0.4 is 5.32 Å². The summed E-state index contributed by atoms with van der Waals surface area (Å²) >= 11 is 1.26. The van der Waals surface area contributed by atoms with Gasteiger partial charge in [0.1, 0.15) is 5.82 Å². The molecule has 18 heavy (non-hydrogen) atoms. The molecule has 1 amide bonds. The molecule has 5 heteroatoms. The van der Waals surface area contributed by atoms with E-state index < -0.39 is 6.10 Å². The van der Waals surface area contributed by atoms with Gasteiger partial charge in [0.25, 0.3) is 5.91 Å². The van der Waals surface area contributed by atoms with Gasteiger partial charge in [-0.15, -0.1) is 11.3 Å². The molecule has 0 spiro atoms. The summed E-state index contributed by atoms with van der Waals surface area (Å²) in [5, 5.41) is 12.3. The Morgan fingerprint density at radius 1 is 1.56 bits per heavy atom. The molecule has 0 radical (unpaired) electrons. The van der Waals surface area contributed by atoms with Gasteiger partial charge in [-0.25, -0.2) is 4.39 Å². The first kappa shape index (κ1) is 13.0. The van der Waals surface area contributed by atoms with Crippen molar-refractivity contribution in [1.82, 2.24) is 5.32 Å². The summed E-state index contributed by atoms with van der Waals surface area (Å²) in [4.78, 5) is 12.4. The normalized spacial score (nSPS) is 12.7. The van der Waals surface area contributed by atoms with E-state index in [1.165, 1.54) is 17.4 Å². The fraction of sp³-hybridized carbons (Fsp3) is 0.308. The Morgan fingerprint density at radius 2 is 2.28 bits per heavy atom. The number of carbonyl (C=O) groups excluding carboxylic acids is 1. The summed E-state index contributed by atoms with van der Waals surface area (Å²) in [6.07, 6.45) is -0.597. The molecule has 0 saturated carbocycles. The number of aryl methyl sites for hydroxylation is 1. The lowest BCUT2D eigenvalue weighted by atomic mass is 10.1. The van der Waals surface area contributed by atoms with E-state index in [9.17, 15) is 9.18 Å². The third kappa shape index (κ3) is 2.37. The molecule has 2 N–H and O–H groups in total. The first-order chi connectivity index (χ1) is 8.50. The van der Waals surface area contributed by atoms with Gasteiger partial charge in [-0.05, 0) is 31.5 Å². The number of rotatable bonds is 3. The van der Waals surface area contributed by atoms with Crippen LogP contribution in [0.3, 0.4) is 0 Å². The summed E-state index contributed by atoms with van der Waals surface area (Å²) in [5.41, 5.74) is 0.649. The zero-order chi connectivity index (χ0) is 13.3. The molecule has 1 aromatic carbocycles. The second-order valence-corrected chi connectivity index (χ2v) is 5.28. The minimum absolute atomic E-state index is 0.189. The summed E-state index contributed by atoms with van der Waals surface area (Å²) in [5.74, 6) is -0.579. The molecule has 0 aliphatic heterocycles. The first-order valence-electron chi connectivity index (χ1n) is 5.64. The number of hydrogen-bond acceptors (Lipinski definition) is 3. The van der Waals surface area contributed by atoms with Gasteiger partial charge in [-0.2, -0.15) is 0 Å². The third-order valence-corrected chi connectivity index (χ3v) is 3.92. The van der Waals surface area contributed by atoms with Gasteiger partial charge in [0, 0.05) is 16.6 Å². The number of carbonyl (C=O) groups is 1. The van der Waals surface area contributed by atoms with Crippen molar-refractivity contribution >= 4 is 27.3 Å².